The van der Waals surface area contributed by atoms with Crippen LogP contribution >= 0.6 is 0 Å². The molecule has 0 aliphatic carbocycles. The molecule has 0 saturated carbocycles. The van der Waals surface area contributed by atoms with Crippen LogP contribution in [0.1, 0.15) is 5.76 Å². The van der Waals surface area contributed by atoms with Gasteiger partial charge in [-0.15, -0.1) is 0 Å². The number of hydrogen-bond donors (Lipinski definition) is 2. The van der Waals surface area contributed by atoms with Crippen LogP contribution in [0.5, 0.6) is 0 Å². The standard InChI is InChI=1S/C8H9N5O/c1-4-5(2-3-14-4)6-11-7(9)13-8(10)12-6/h2-3H,1H3,(H4,9,10,11,12,13). The maximum absolute atomic E-state index is 5.44. The molecule has 0 bridgehead atoms. The Balaban J connectivity index is 2.57. The van der Waals surface area contributed by atoms with Gasteiger partial charge in [0.05, 0.1) is 11.8 Å². The summed E-state index contributed by atoms with van der Waals surface area (Å²) in [6, 6.07) is 1.75. The maximum atomic E-state index is 5.44. The Kier molecular flexibility index (Phi) is 1.81. The number of hydrogen-bond acceptors (Lipinski definition) is 6. The third kappa shape index (κ3) is 1.37. The number of anilines is 2. The highest BCUT2D eigenvalue weighted by Crippen LogP contribution is 2.21. The van der Waals surface area contributed by atoms with Crippen molar-refractivity contribution in [1.82, 2.24) is 15.0 Å². The number of aromatic nitrogens is 3. The quantitative estimate of drug-likeness (QED) is 0.684. The molecule has 2 aromatic rings. The van der Waals surface area contributed by atoms with Gasteiger partial charge in [0.25, 0.3) is 0 Å². The number of aryl methyl sites for hydroxylation is 1. The first-order valence-corrected chi connectivity index (χ1v) is 3.98. The summed E-state index contributed by atoms with van der Waals surface area (Å²) in [4.78, 5) is 11.6. The molecule has 2 heterocycles. The fourth-order valence-electron chi connectivity index (χ4n) is 1.15. The highest BCUT2D eigenvalue weighted by atomic mass is 16.3. The van der Waals surface area contributed by atoms with Gasteiger partial charge in [-0.3, -0.25) is 0 Å². The Morgan fingerprint density at radius 2 is 1.79 bits per heavy atom. The Labute approximate surface area is 80.0 Å². The van der Waals surface area contributed by atoms with E-state index in [0.29, 0.717) is 5.82 Å². The van der Waals surface area contributed by atoms with Gasteiger partial charge in [0.2, 0.25) is 11.9 Å². The van der Waals surface area contributed by atoms with Crippen LogP contribution in [0.3, 0.4) is 0 Å². The first kappa shape index (κ1) is 8.49. The molecule has 6 heteroatoms. The number of nitrogens with two attached hydrogens (primary N) is 2. The summed E-state index contributed by atoms with van der Waals surface area (Å²) in [5.74, 6) is 1.36. The molecule has 0 aromatic carbocycles. The van der Waals surface area contributed by atoms with Gasteiger partial charge in [0.1, 0.15) is 5.76 Å². The average Bonchev–Trinajstić information content (AvgIpc) is 2.49. The van der Waals surface area contributed by atoms with E-state index < -0.39 is 0 Å². The van der Waals surface area contributed by atoms with Gasteiger partial charge >= 0.3 is 0 Å². The fraction of sp³-hybridized carbons (Fsp3) is 0.125. The summed E-state index contributed by atoms with van der Waals surface area (Å²) >= 11 is 0. The zero-order valence-electron chi connectivity index (χ0n) is 7.56. The summed E-state index contributed by atoms with van der Waals surface area (Å²) in [5, 5.41) is 0. The van der Waals surface area contributed by atoms with E-state index in [-0.39, 0.29) is 11.9 Å². The second-order valence-electron chi connectivity index (χ2n) is 2.77. The molecule has 14 heavy (non-hydrogen) atoms. The van der Waals surface area contributed by atoms with Crippen molar-refractivity contribution in [1.29, 1.82) is 0 Å². The summed E-state index contributed by atoms with van der Waals surface area (Å²) < 4.78 is 5.12. The highest BCUT2D eigenvalue weighted by Gasteiger charge is 2.09. The van der Waals surface area contributed by atoms with Crippen molar-refractivity contribution in [3.05, 3.63) is 18.1 Å². The molecule has 0 aliphatic rings. The van der Waals surface area contributed by atoms with Gasteiger partial charge in [0, 0.05) is 0 Å². The van der Waals surface area contributed by atoms with Crippen molar-refractivity contribution in [3.63, 3.8) is 0 Å². The molecule has 0 radical (unpaired) electrons. The van der Waals surface area contributed by atoms with Crippen molar-refractivity contribution in [2.75, 3.05) is 11.5 Å². The van der Waals surface area contributed by atoms with E-state index in [4.69, 9.17) is 15.9 Å². The van der Waals surface area contributed by atoms with Gasteiger partial charge < -0.3 is 15.9 Å². The molecule has 72 valence electrons. The minimum absolute atomic E-state index is 0.105. The first-order valence-electron chi connectivity index (χ1n) is 3.98. The topological polar surface area (TPSA) is 104 Å². The second-order valence-corrected chi connectivity index (χ2v) is 2.77. The van der Waals surface area contributed by atoms with E-state index in [1.807, 2.05) is 6.92 Å². The van der Waals surface area contributed by atoms with Crippen molar-refractivity contribution >= 4 is 11.9 Å². The van der Waals surface area contributed by atoms with Gasteiger partial charge in [0.15, 0.2) is 5.82 Å². The SMILES string of the molecule is Cc1occc1-c1nc(N)nc(N)n1. The van der Waals surface area contributed by atoms with E-state index in [0.717, 1.165) is 11.3 Å². The zero-order chi connectivity index (χ0) is 10.1. The van der Waals surface area contributed by atoms with E-state index in [1.54, 1.807) is 12.3 Å². The van der Waals surface area contributed by atoms with Crippen LogP contribution in [-0.4, -0.2) is 15.0 Å². The Hall–Kier alpha value is -2.11. The molecular formula is C8H9N5O. The van der Waals surface area contributed by atoms with E-state index in [2.05, 4.69) is 15.0 Å². The fourth-order valence-corrected chi connectivity index (χ4v) is 1.15. The zero-order valence-corrected chi connectivity index (χ0v) is 7.56. The molecule has 0 aliphatic heterocycles. The molecule has 0 saturated heterocycles. The van der Waals surface area contributed by atoms with E-state index in [1.165, 1.54) is 0 Å². The predicted octanol–water partition coefficient (Wildman–Crippen LogP) is 0.604. The Morgan fingerprint density at radius 1 is 1.14 bits per heavy atom. The van der Waals surface area contributed by atoms with Crippen LogP contribution in [0.2, 0.25) is 0 Å². The smallest absolute Gasteiger partial charge is 0.225 e. The molecular weight excluding hydrogens is 182 g/mol. The van der Waals surface area contributed by atoms with Crippen LogP contribution in [0.15, 0.2) is 16.7 Å². The van der Waals surface area contributed by atoms with Crippen LogP contribution in [0.25, 0.3) is 11.4 Å². The first-order chi connectivity index (χ1) is 6.66. The lowest BCUT2D eigenvalue weighted by Crippen LogP contribution is -2.04. The van der Waals surface area contributed by atoms with Crippen LogP contribution in [0.4, 0.5) is 11.9 Å². The molecule has 6 nitrogen and oxygen atoms in total. The van der Waals surface area contributed by atoms with Gasteiger partial charge in [-0.2, -0.15) is 15.0 Å². The highest BCUT2D eigenvalue weighted by molar-refractivity contribution is 5.58. The average molecular weight is 191 g/mol. The summed E-state index contributed by atoms with van der Waals surface area (Å²) in [6.07, 6.45) is 1.56. The van der Waals surface area contributed by atoms with Gasteiger partial charge in [-0.25, -0.2) is 0 Å². The van der Waals surface area contributed by atoms with Crippen molar-refractivity contribution < 1.29 is 4.42 Å². The molecule has 2 aromatic heterocycles. The minimum atomic E-state index is 0.105. The lowest BCUT2D eigenvalue weighted by molar-refractivity contribution is 0.535. The van der Waals surface area contributed by atoms with E-state index >= 15 is 0 Å². The van der Waals surface area contributed by atoms with E-state index in [9.17, 15) is 0 Å². The second kappa shape index (κ2) is 2.99. The molecule has 0 spiro atoms. The lowest BCUT2D eigenvalue weighted by Gasteiger charge is -1.99. The predicted molar refractivity (Wildman–Crippen MR) is 51.1 cm³/mol. The minimum Gasteiger partial charge on any atom is -0.469 e. The number of furan rings is 1. The summed E-state index contributed by atoms with van der Waals surface area (Å²) in [6.45, 7) is 1.81. The van der Waals surface area contributed by atoms with Crippen LogP contribution in [-0.2, 0) is 0 Å². The molecule has 4 N–H and O–H groups in total. The normalized spacial score (nSPS) is 10.4. The molecule has 0 amide bonds. The molecule has 2 rings (SSSR count). The Morgan fingerprint density at radius 3 is 2.29 bits per heavy atom. The van der Waals surface area contributed by atoms with Gasteiger partial charge in [-0.1, -0.05) is 0 Å². The van der Waals surface area contributed by atoms with Crippen molar-refractivity contribution in [3.8, 4) is 11.4 Å². The van der Waals surface area contributed by atoms with Crippen LogP contribution < -0.4 is 11.5 Å². The number of nitrogen functional groups attached to an aromatic ring is 2. The third-order valence-corrected chi connectivity index (χ3v) is 1.77. The van der Waals surface area contributed by atoms with Crippen molar-refractivity contribution in [2.24, 2.45) is 0 Å². The summed E-state index contributed by atoms with van der Waals surface area (Å²) in [5.41, 5.74) is 11.7. The van der Waals surface area contributed by atoms with Crippen molar-refractivity contribution in [2.45, 2.75) is 6.92 Å². The maximum Gasteiger partial charge on any atom is 0.225 e. The van der Waals surface area contributed by atoms with Crippen LogP contribution in [0, 0.1) is 6.92 Å². The third-order valence-electron chi connectivity index (χ3n) is 1.77. The Bertz CT molecular complexity index is 444. The largest absolute Gasteiger partial charge is 0.469 e. The van der Waals surface area contributed by atoms with Gasteiger partial charge in [-0.05, 0) is 13.0 Å². The lowest BCUT2D eigenvalue weighted by atomic mass is 10.2. The molecule has 0 unspecified atom stereocenters. The molecule has 0 fully saturated rings. The molecule has 0 atom stereocenters. The number of rotatable bonds is 1. The number of nitrogens with zero attached hydrogens (tertiary/aromatic N) is 3. The monoisotopic (exact) mass is 191 g/mol. The summed E-state index contributed by atoms with van der Waals surface area (Å²) in [7, 11) is 0.